The summed E-state index contributed by atoms with van der Waals surface area (Å²) in [6.45, 7) is 0. The maximum Gasteiger partial charge on any atom is 0.224 e. The van der Waals surface area contributed by atoms with Crippen molar-refractivity contribution in [3.8, 4) is 5.75 Å². The molecule has 1 aliphatic rings. The average molecular weight is 205 g/mol. The zero-order chi connectivity index (χ0) is 10.7. The molecule has 1 aromatic carbocycles. The van der Waals surface area contributed by atoms with Gasteiger partial charge < -0.3 is 10.1 Å². The van der Waals surface area contributed by atoms with Crippen LogP contribution in [0, 0.1) is 5.92 Å². The van der Waals surface area contributed by atoms with Gasteiger partial charge in [-0.15, -0.1) is 0 Å². The van der Waals surface area contributed by atoms with Gasteiger partial charge in [0.05, 0.1) is 7.11 Å². The van der Waals surface area contributed by atoms with Gasteiger partial charge >= 0.3 is 0 Å². The molecule has 0 atom stereocenters. The van der Waals surface area contributed by atoms with E-state index in [0.29, 0.717) is 12.3 Å². The number of benzene rings is 1. The summed E-state index contributed by atoms with van der Waals surface area (Å²) < 4.78 is 5.04. The Hall–Kier alpha value is -1.51. The third kappa shape index (κ3) is 2.98. The molecular weight excluding hydrogens is 190 g/mol. The standard InChI is InChI=1S/C12H15NO2/c1-15-11-6-4-10(5-7-11)13-12(14)8-9-2-3-9/h4-7,9H,2-3,8H2,1H3,(H,13,14). The van der Waals surface area contributed by atoms with Crippen molar-refractivity contribution >= 4 is 11.6 Å². The third-order valence-corrected chi connectivity index (χ3v) is 2.54. The van der Waals surface area contributed by atoms with Gasteiger partial charge in [0.2, 0.25) is 5.91 Å². The Balaban J connectivity index is 1.88. The van der Waals surface area contributed by atoms with Gasteiger partial charge in [0.15, 0.2) is 0 Å². The van der Waals surface area contributed by atoms with Crippen molar-refractivity contribution in [3.63, 3.8) is 0 Å². The summed E-state index contributed by atoms with van der Waals surface area (Å²) in [4.78, 5) is 11.5. The number of anilines is 1. The molecule has 0 aromatic heterocycles. The van der Waals surface area contributed by atoms with E-state index in [2.05, 4.69) is 5.32 Å². The number of ether oxygens (including phenoxy) is 1. The fourth-order valence-electron chi connectivity index (χ4n) is 1.47. The molecule has 2 rings (SSSR count). The van der Waals surface area contributed by atoms with E-state index < -0.39 is 0 Å². The van der Waals surface area contributed by atoms with E-state index in [1.807, 2.05) is 24.3 Å². The second-order valence-corrected chi connectivity index (χ2v) is 3.92. The van der Waals surface area contributed by atoms with Gasteiger partial charge in [0.25, 0.3) is 0 Å². The first-order chi connectivity index (χ1) is 7.28. The number of carbonyl (C=O) groups excluding carboxylic acids is 1. The quantitative estimate of drug-likeness (QED) is 0.819. The summed E-state index contributed by atoms with van der Waals surface area (Å²) in [6.07, 6.45) is 3.07. The summed E-state index contributed by atoms with van der Waals surface area (Å²) in [6, 6.07) is 7.38. The molecule has 80 valence electrons. The van der Waals surface area contributed by atoms with E-state index in [1.54, 1.807) is 7.11 Å². The fourth-order valence-corrected chi connectivity index (χ4v) is 1.47. The van der Waals surface area contributed by atoms with Crippen molar-refractivity contribution < 1.29 is 9.53 Å². The van der Waals surface area contributed by atoms with Gasteiger partial charge in [-0.25, -0.2) is 0 Å². The van der Waals surface area contributed by atoms with Crippen LogP contribution < -0.4 is 10.1 Å². The largest absolute Gasteiger partial charge is 0.497 e. The molecule has 1 aromatic rings. The first kappa shape index (κ1) is 10.0. The second-order valence-electron chi connectivity index (χ2n) is 3.92. The van der Waals surface area contributed by atoms with Crippen molar-refractivity contribution in [2.24, 2.45) is 5.92 Å². The lowest BCUT2D eigenvalue weighted by Gasteiger charge is -2.05. The zero-order valence-corrected chi connectivity index (χ0v) is 8.82. The minimum atomic E-state index is 0.114. The van der Waals surface area contributed by atoms with E-state index >= 15 is 0 Å². The molecule has 3 nitrogen and oxygen atoms in total. The fraction of sp³-hybridized carbons (Fsp3) is 0.417. The minimum absolute atomic E-state index is 0.114. The van der Waals surface area contributed by atoms with Crippen molar-refractivity contribution in [2.45, 2.75) is 19.3 Å². The lowest BCUT2D eigenvalue weighted by atomic mass is 10.2. The van der Waals surface area contributed by atoms with E-state index in [9.17, 15) is 4.79 Å². The molecular formula is C12H15NO2. The Kier molecular flexibility index (Phi) is 2.90. The smallest absolute Gasteiger partial charge is 0.224 e. The molecule has 1 N–H and O–H groups in total. The topological polar surface area (TPSA) is 38.3 Å². The summed E-state index contributed by atoms with van der Waals surface area (Å²) in [5.41, 5.74) is 0.835. The van der Waals surface area contributed by atoms with Crippen LogP contribution in [0.4, 0.5) is 5.69 Å². The Bertz CT molecular complexity index is 341. The second kappa shape index (κ2) is 4.34. The number of methoxy groups -OCH3 is 1. The van der Waals surface area contributed by atoms with Crippen LogP contribution in [0.15, 0.2) is 24.3 Å². The highest BCUT2D eigenvalue weighted by Gasteiger charge is 2.24. The number of rotatable bonds is 4. The van der Waals surface area contributed by atoms with Crippen LogP contribution in [0.25, 0.3) is 0 Å². The minimum Gasteiger partial charge on any atom is -0.497 e. The highest BCUT2D eigenvalue weighted by atomic mass is 16.5. The average Bonchev–Trinajstić information content (AvgIpc) is 3.03. The van der Waals surface area contributed by atoms with Gasteiger partial charge in [-0.1, -0.05) is 0 Å². The molecule has 3 heteroatoms. The Morgan fingerprint density at radius 3 is 2.60 bits per heavy atom. The maximum atomic E-state index is 11.5. The summed E-state index contributed by atoms with van der Waals surface area (Å²) in [5.74, 6) is 1.54. The molecule has 1 aliphatic carbocycles. The molecule has 1 amide bonds. The molecule has 0 spiro atoms. The number of hydrogen-bond donors (Lipinski definition) is 1. The van der Waals surface area contributed by atoms with Gasteiger partial charge in [0.1, 0.15) is 5.75 Å². The summed E-state index contributed by atoms with van der Waals surface area (Å²) in [7, 11) is 1.63. The van der Waals surface area contributed by atoms with Crippen LogP contribution in [-0.4, -0.2) is 13.0 Å². The van der Waals surface area contributed by atoms with Gasteiger partial charge in [0, 0.05) is 12.1 Å². The van der Waals surface area contributed by atoms with Crippen molar-refractivity contribution in [3.05, 3.63) is 24.3 Å². The van der Waals surface area contributed by atoms with E-state index in [0.717, 1.165) is 11.4 Å². The van der Waals surface area contributed by atoms with Crippen LogP contribution in [0.5, 0.6) is 5.75 Å². The van der Waals surface area contributed by atoms with Crippen molar-refractivity contribution in [1.82, 2.24) is 0 Å². The molecule has 0 bridgehead atoms. The molecule has 0 aliphatic heterocycles. The van der Waals surface area contributed by atoms with Gasteiger partial charge in [-0.05, 0) is 43.0 Å². The molecule has 1 fully saturated rings. The molecule has 0 unspecified atom stereocenters. The Labute approximate surface area is 89.4 Å². The van der Waals surface area contributed by atoms with Crippen LogP contribution in [0.2, 0.25) is 0 Å². The lowest BCUT2D eigenvalue weighted by Crippen LogP contribution is -2.11. The zero-order valence-electron chi connectivity index (χ0n) is 8.82. The predicted octanol–water partition coefficient (Wildman–Crippen LogP) is 2.43. The monoisotopic (exact) mass is 205 g/mol. The number of hydrogen-bond acceptors (Lipinski definition) is 2. The van der Waals surface area contributed by atoms with Crippen LogP contribution >= 0.6 is 0 Å². The van der Waals surface area contributed by atoms with E-state index in [1.165, 1.54) is 12.8 Å². The molecule has 0 radical (unpaired) electrons. The van der Waals surface area contributed by atoms with Gasteiger partial charge in [-0.2, -0.15) is 0 Å². The van der Waals surface area contributed by atoms with Crippen molar-refractivity contribution in [2.75, 3.05) is 12.4 Å². The maximum absolute atomic E-state index is 11.5. The SMILES string of the molecule is COc1ccc(NC(=O)CC2CC2)cc1. The first-order valence-electron chi connectivity index (χ1n) is 5.22. The van der Waals surface area contributed by atoms with E-state index in [4.69, 9.17) is 4.74 Å². The number of nitrogens with one attached hydrogen (secondary N) is 1. The first-order valence-corrected chi connectivity index (χ1v) is 5.22. The van der Waals surface area contributed by atoms with Crippen LogP contribution in [0.3, 0.4) is 0 Å². The Morgan fingerprint density at radius 1 is 1.40 bits per heavy atom. The summed E-state index contributed by atoms with van der Waals surface area (Å²) in [5, 5.41) is 2.87. The highest BCUT2D eigenvalue weighted by Crippen LogP contribution is 2.32. The molecule has 0 saturated heterocycles. The lowest BCUT2D eigenvalue weighted by molar-refractivity contribution is -0.116. The molecule has 1 saturated carbocycles. The highest BCUT2D eigenvalue weighted by molar-refractivity contribution is 5.91. The Morgan fingerprint density at radius 2 is 2.07 bits per heavy atom. The van der Waals surface area contributed by atoms with Crippen LogP contribution in [0.1, 0.15) is 19.3 Å². The van der Waals surface area contributed by atoms with Crippen LogP contribution in [-0.2, 0) is 4.79 Å². The molecule has 15 heavy (non-hydrogen) atoms. The predicted molar refractivity (Wildman–Crippen MR) is 59.0 cm³/mol. The number of carbonyl (C=O) groups is 1. The van der Waals surface area contributed by atoms with E-state index in [-0.39, 0.29) is 5.91 Å². The van der Waals surface area contributed by atoms with Gasteiger partial charge in [-0.3, -0.25) is 4.79 Å². The third-order valence-electron chi connectivity index (χ3n) is 2.54. The van der Waals surface area contributed by atoms with Crippen molar-refractivity contribution in [1.29, 1.82) is 0 Å². The summed E-state index contributed by atoms with van der Waals surface area (Å²) >= 11 is 0. The normalized spacial score (nSPS) is 14.7. The molecule has 0 heterocycles. The number of amides is 1.